The number of hydrogen-bond acceptors (Lipinski definition) is 5. The van der Waals surface area contributed by atoms with Gasteiger partial charge in [0.2, 0.25) is 0 Å². The Bertz CT molecular complexity index is 717. The number of piperidine rings is 1. The highest BCUT2D eigenvalue weighted by Crippen LogP contribution is 2.23. The van der Waals surface area contributed by atoms with Crippen LogP contribution >= 0.6 is 0 Å². The zero-order chi connectivity index (χ0) is 23.1. The van der Waals surface area contributed by atoms with Gasteiger partial charge in [-0.1, -0.05) is 32.9 Å². The summed E-state index contributed by atoms with van der Waals surface area (Å²) >= 11 is 0. The number of benzene rings is 1. The summed E-state index contributed by atoms with van der Waals surface area (Å²) < 4.78 is 16.8. The van der Waals surface area contributed by atoms with E-state index < -0.39 is 21.5 Å². The van der Waals surface area contributed by atoms with Crippen molar-refractivity contribution in [1.29, 1.82) is 0 Å². The topological polar surface area (TPSA) is 77.1 Å². The molecule has 1 aromatic rings. The van der Waals surface area contributed by atoms with Gasteiger partial charge < -0.3 is 24.1 Å². The summed E-state index contributed by atoms with van der Waals surface area (Å²) in [5.74, 6) is 0.521. The summed E-state index contributed by atoms with van der Waals surface area (Å²) in [7, 11) is -0.566. The van der Waals surface area contributed by atoms with E-state index in [-0.39, 0.29) is 17.2 Å². The molecule has 1 heterocycles. The van der Waals surface area contributed by atoms with Gasteiger partial charge in [0.05, 0.1) is 0 Å². The zero-order valence-corrected chi connectivity index (χ0v) is 21.2. The fourth-order valence-electron chi connectivity index (χ4n) is 3.09. The number of ether oxygens (including phenoxy) is 2. The van der Waals surface area contributed by atoms with Crippen molar-refractivity contribution in [1.82, 2.24) is 10.2 Å². The van der Waals surface area contributed by atoms with Gasteiger partial charge in [0, 0.05) is 25.7 Å². The van der Waals surface area contributed by atoms with Gasteiger partial charge in [-0.15, -0.1) is 0 Å². The molecule has 0 unspecified atom stereocenters. The van der Waals surface area contributed by atoms with Crippen molar-refractivity contribution in [3.63, 3.8) is 0 Å². The molecule has 0 radical (unpaired) electrons. The molecule has 2 amide bonds. The Kier molecular flexibility index (Phi) is 8.94. The Morgan fingerprint density at radius 3 is 2.23 bits per heavy atom. The molecule has 1 aliphatic rings. The molecule has 0 bridgehead atoms. The van der Waals surface area contributed by atoms with Crippen LogP contribution in [-0.2, 0) is 15.6 Å². The maximum Gasteiger partial charge on any atom is 0.415 e. The van der Waals surface area contributed by atoms with Crippen LogP contribution in [-0.4, -0.2) is 58.2 Å². The van der Waals surface area contributed by atoms with E-state index >= 15 is 0 Å². The maximum absolute atomic E-state index is 12.4. The molecule has 1 fully saturated rings. The number of carbonyl (C=O) groups is 2. The average Bonchev–Trinajstić information content (AvgIpc) is 2.66. The minimum absolute atomic E-state index is 0.267. The van der Waals surface area contributed by atoms with E-state index in [9.17, 15) is 9.59 Å². The minimum Gasteiger partial charge on any atom is -0.444 e. The number of likely N-dealkylation sites (tertiary alicyclic amines) is 1. The van der Waals surface area contributed by atoms with Crippen molar-refractivity contribution in [2.24, 2.45) is 0 Å². The monoisotopic (exact) mass is 450 g/mol. The first kappa shape index (κ1) is 25.2. The largest absolute Gasteiger partial charge is 0.444 e. The molecule has 0 spiro atoms. The number of nitrogens with zero attached hydrogens (tertiary/aromatic N) is 1. The molecular weight excluding hydrogens is 412 g/mol. The first-order valence-corrected chi connectivity index (χ1v) is 12.3. The van der Waals surface area contributed by atoms with Crippen molar-refractivity contribution >= 4 is 21.9 Å². The molecule has 1 saturated heterocycles. The third kappa shape index (κ3) is 10.2. The van der Waals surface area contributed by atoms with E-state index in [1.54, 1.807) is 17.0 Å². The van der Waals surface area contributed by atoms with E-state index in [2.05, 4.69) is 26.1 Å². The summed E-state index contributed by atoms with van der Waals surface area (Å²) in [6, 6.07) is 7.37. The van der Waals surface area contributed by atoms with Gasteiger partial charge in [-0.3, -0.25) is 0 Å². The lowest BCUT2D eigenvalue weighted by Crippen LogP contribution is -2.42. The predicted molar refractivity (Wildman–Crippen MR) is 124 cm³/mol. The molecular formula is C23H38N2O5Si. The molecule has 2 rings (SSSR count). The second kappa shape index (κ2) is 11.0. The van der Waals surface area contributed by atoms with Crippen LogP contribution in [0.15, 0.2) is 24.3 Å². The Hall–Kier alpha value is -2.06. The normalized spacial score (nSPS) is 15.9. The molecule has 31 heavy (non-hydrogen) atoms. The second-order valence-corrected chi connectivity index (χ2v) is 13.0. The molecule has 1 N–H and O–H groups in total. The first-order chi connectivity index (χ1) is 14.4. The van der Waals surface area contributed by atoms with Crippen molar-refractivity contribution < 1.29 is 23.5 Å². The highest BCUT2D eigenvalue weighted by atomic mass is 28.2. The summed E-state index contributed by atoms with van der Waals surface area (Å²) in [5.41, 5.74) is 0.531. The Labute approximate surface area is 188 Å². The minimum atomic E-state index is -0.566. The highest BCUT2D eigenvalue weighted by Gasteiger charge is 2.25. The number of alkyl carbamates (subject to hydrolysis) is 1. The lowest BCUT2D eigenvalue weighted by Gasteiger charge is -2.32. The zero-order valence-electron chi connectivity index (χ0n) is 19.8. The van der Waals surface area contributed by atoms with Gasteiger partial charge in [-0.05, 0) is 62.8 Å². The van der Waals surface area contributed by atoms with Crippen molar-refractivity contribution in [3.8, 4) is 5.75 Å². The van der Waals surface area contributed by atoms with Gasteiger partial charge in [-0.2, -0.15) is 0 Å². The van der Waals surface area contributed by atoms with Crippen LogP contribution in [0.4, 0.5) is 9.59 Å². The van der Waals surface area contributed by atoms with E-state index in [0.717, 1.165) is 18.4 Å². The Morgan fingerprint density at radius 2 is 1.68 bits per heavy atom. The van der Waals surface area contributed by atoms with Crippen LogP contribution in [0.25, 0.3) is 0 Å². The van der Waals surface area contributed by atoms with E-state index in [1.165, 1.54) is 0 Å². The fourth-order valence-corrected chi connectivity index (χ4v) is 4.15. The van der Waals surface area contributed by atoms with Crippen LogP contribution in [0.3, 0.4) is 0 Å². The fraction of sp³-hybridized carbons (Fsp3) is 0.652. The summed E-state index contributed by atoms with van der Waals surface area (Å²) in [6.07, 6.45) is 1.92. The standard InChI is InChI=1S/C23H38N2O5Si/c1-22(2,3)29-20(26)24-14-11-17-7-9-18(10-8-17)28-21(27)25-15-12-19(13-16-25)30-31-23(4,5)6/h7-10,19H,11-16,31H2,1-6H3,(H,24,26). The third-order valence-electron chi connectivity index (χ3n) is 4.66. The Balaban J connectivity index is 1.70. The van der Waals surface area contributed by atoms with E-state index in [0.29, 0.717) is 31.8 Å². The molecule has 174 valence electrons. The van der Waals surface area contributed by atoms with Crippen LogP contribution in [0.2, 0.25) is 5.04 Å². The number of hydrogen-bond donors (Lipinski definition) is 1. The van der Waals surface area contributed by atoms with E-state index in [4.69, 9.17) is 13.9 Å². The summed E-state index contributed by atoms with van der Waals surface area (Å²) in [4.78, 5) is 25.9. The lowest BCUT2D eigenvalue weighted by molar-refractivity contribution is 0.0528. The van der Waals surface area contributed by atoms with Gasteiger partial charge in [-0.25, -0.2) is 9.59 Å². The quantitative estimate of drug-likeness (QED) is 0.662. The van der Waals surface area contributed by atoms with Crippen LogP contribution in [0.5, 0.6) is 5.75 Å². The van der Waals surface area contributed by atoms with Gasteiger partial charge in [0.25, 0.3) is 0 Å². The molecule has 1 aliphatic heterocycles. The number of rotatable bonds is 6. The highest BCUT2D eigenvalue weighted by molar-refractivity contribution is 6.31. The van der Waals surface area contributed by atoms with Crippen molar-refractivity contribution in [2.45, 2.75) is 77.5 Å². The third-order valence-corrected chi connectivity index (χ3v) is 6.17. The second-order valence-electron chi connectivity index (χ2n) is 10.2. The smallest absolute Gasteiger partial charge is 0.415 e. The average molecular weight is 451 g/mol. The number of nitrogens with one attached hydrogen (secondary N) is 1. The summed E-state index contributed by atoms with van der Waals surface area (Å²) in [5, 5.41) is 3.02. The molecule has 0 saturated carbocycles. The van der Waals surface area contributed by atoms with Crippen LogP contribution < -0.4 is 10.1 Å². The summed E-state index contributed by atoms with van der Waals surface area (Å²) in [6.45, 7) is 13.9. The van der Waals surface area contributed by atoms with Crippen molar-refractivity contribution in [3.05, 3.63) is 29.8 Å². The number of carbonyl (C=O) groups excluding carboxylic acids is 2. The molecule has 1 aromatic carbocycles. The van der Waals surface area contributed by atoms with Gasteiger partial charge in [0.15, 0.2) is 9.76 Å². The lowest BCUT2D eigenvalue weighted by atomic mass is 10.1. The molecule has 0 aliphatic carbocycles. The SMILES string of the molecule is CC(C)(C)OC(=O)NCCc1ccc(OC(=O)N2CCC(O[SiH2]C(C)(C)C)CC2)cc1. The molecule has 0 aromatic heterocycles. The number of amides is 2. The Morgan fingerprint density at radius 1 is 1.06 bits per heavy atom. The van der Waals surface area contributed by atoms with Gasteiger partial charge in [0.1, 0.15) is 11.4 Å². The molecule has 0 atom stereocenters. The molecule has 8 heteroatoms. The first-order valence-electron chi connectivity index (χ1n) is 11.1. The van der Waals surface area contributed by atoms with Gasteiger partial charge >= 0.3 is 12.2 Å². The van der Waals surface area contributed by atoms with Crippen LogP contribution in [0.1, 0.15) is 59.9 Å². The van der Waals surface area contributed by atoms with E-state index in [1.807, 2.05) is 32.9 Å². The van der Waals surface area contributed by atoms with Crippen LogP contribution in [0, 0.1) is 0 Å². The van der Waals surface area contributed by atoms with Crippen molar-refractivity contribution in [2.75, 3.05) is 19.6 Å². The molecule has 7 nitrogen and oxygen atoms in total. The maximum atomic E-state index is 12.4. The predicted octanol–water partition coefficient (Wildman–Crippen LogP) is 4.04.